The summed E-state index contributed by atoms with van der Waals surface area (Å²) in [6.45, 7) is 2.43. The summed E-state index contributed by atoms with van der Waals surface area (Å²) in [6, 6.07) is 13.2. The summed E-state index contributed by atoms with van der Waals surface area (Å²) >= 11 is 0. The maximum atomic E-state index is 12.2. The quantitative estimate of drug-likeness (QED) is 0.674. The number of hydrogen-bond donors (Lipinski definition) is 2. The van der Waals surface area contributed by atoms with Crippen LogP contribution in [0.2, 0.25) is 0 Å². The van der Waals surface area contributed by atoms with E-state index < -0.39 is 11.8 Å². The fourth-order valence-electron chi connectivity index (χ4n) is 2.25. The fraction of sp³-hybridized carbons (Fsp3) is 0.250. The van der Waals surface area contributed by atoms with Crippen molar-refractivity contribution in [3.8, 4) is 17.6 Å². The first kappa shape index (κ1) is 20.7. The van der Waals surface area contributed by atoms with E-state index >= 15 is 0 Å². The number of methoxy groups -OCH3 is 1. The average molecular weight is 383 g/mol. The van der Waals surface area contributed by atoms with Crippen molar-refractivity contribution in [3.63, 3.8) is 0 Å². The largest absolute Gasteiger partial charge is 0.496 e. The molecule has 0 spiro atoms. The fourth-order valence-corrected chi connectivity index (χ4v) is 2.25. The van der Waals surface area contributed by atoms with Crippen LogP contribution in [0.25, 0.3) is 0 Å². The summed E-state index contributed by atoms with van der Waals surface area (Å²) in [6.07, 6.45) is 0. The molecule has 0 aromatic heterocycles. The number of rotatable bonds is 8. The van der Waals surface area contributed by atoms with Crippen molar-refractivity contribution in [2.45, 2.75) is 13.5 Å². The molecule has 8 nitrogen and oxygen atoms in total. The molecule has 0 aliphatic rings. The molecule has 2 rings (SSSR count). The Morgan fingerprint density at radius 1 is 1.11 bits per heavy atom. The van der Waals surface area contributed by atoms with E-state index in [1.807, 2.05) is 13.0 Å². The Hall–Kier alpha value is -3.57. The molecular formula is C20H21N3O5. The maximum Gasteiger partial charge on any atom is 0.276 e. The van der Waals surface area contributed by atoms with Crippen LogP contribution in [-0.2, 0) is 16.1 Å². The normalized spacial score (nSPS) is 9.89. The molecule has 0 aliphatic carbocycles. The predicted octanol–water partition coefficient (Wildman–Crippen LogP) is 1.94. The summed E-state index contributed by atoms with van der Waals surface area (Å²) in [7, 11) is 1.54. The van der Waals surface area contributed by atoms with Crippen molar-refractivity contribution in [1.29, 1.82) is 5.26 Å². The van der Waals surface area contributed by atoms with Gasteiger partial charge >= 0.3 is 0 Å². The highest BCUT2D eigenvalue weighted by Crippen LogP contribution is 2.20. The topological polar surface area (TPSA) is 110 Å². The summed E-state index contributed by atoms with van der Waals surface area (Å²) in [5.74, 6) is 0.0499. The van der Waals surface area contributed by atoms with Crippen LogP contribution in [0.4, 0.5) is 0 Å². The number of benzene rings is 2. The minimum Gasteiger partial charge on any atom is -0.496 e. The Balaban J connectivity index is 1.86. The Morgan fingerprint density at radius 2 is 1.86 bits per heavy atom. The third kappa shape index (κ3) is 6.00. The molecule has 2 aromatic carbocycles. The molecule has 2 amide bonds. The van der Waals surface area contributed by atoms with Gasteiger partial charge in [0, 0.05) is 17.7 Å². The van der Waals surface area contributed by atoms with Crippen LogP contribution in [0.5, 0.6) is 11.5 Å². The Morgan fingerprint density at radius 3 is 2.50 bits per heavy atom. The van der Waals surface area contributed by atoms with Gasteiger partial charge in [-0.15, -0.1) is 0 Å². The van der Waals surface area contributed by atoms with Gasteiger partial charge in [-0.1, -0.05) is 0 Å². The van der Waals surface area contributed by atoms with Crippen molar-refractivity contribution < 1.29 is 23.8 Å². The lowest BCUT2D eigenvalue weighted by Gasteiger charge is -2.12. The van der Waals surface area contributed by atoms with E-state index in [4.69, 9.17) is 19.5 Å². The van der Waals surface area contributed by atoms with E-state index in [1.165, 1.54) is 0 Å². The second-order valence-corrected chi connectivity index (χ2v) is 5.59. The summed E-state index contributed by atoms with van der Waals surface area (Å²) in [4.78, 5) is 24.1. The van der Waals surface area contributed by atoms with Crippen LogP contribution >= 0.6 is 0 Å². The van der Waals surface area contributed by atoms with Crippen LogP contribution in [0.3, 0.4) is 0 Å². The van der Waals surface area contributed by atoms with Gasteiger partial charge in [-0.3, -0.25) is 20.4 Å². The number of carbonyl (C=O) groups excluding carboxylic acids is 2. The first-order valence-electron chi connectivity index (χ1n) is 8.54. The maximum absolute atomic E-state index is 12.2. The van der Waals surface area contributed by atoms with E-state index in [9.17, 15) is 9.59 Å². The van der Waals surface area contributed by atoms with Crippen LogP contribution in [0.1, 0.15) is 28.4 Å². The predicted molar refractivity (Wildman–Crippen MR) is 101 cm³/mol. The summed E-state index contributed by atoms with van der Waals surface area (Å²) < 4.78 is 15.9. The van der Waals surface area contributed by atoms with Crippen molar-refractivity contribution >= 4 is 11.8 Å². The zero-order valence-electron chi connectivity index (χ0n) is 15.7. The number of nitrogens with zero attached hydrogens (tertiary/aromatic N) is 1. The van der Waals surface area contributed by atoms with Crippen LogP contribution < -0.4 is 20.3 Å². The van der Waals surface area contributed by atoms with Gasteiger partial charge in [0.05, 0.1) is 25.3 Å². The Labute approximate surface area is 163 Å². The monoisotopic (exact) mass is 383 g/mol. The van der Waals surface area contributed by atoms with Gasteiger partial charge in [-0.05, 0) is 49.4 Å². The first-order valence-corrected chi connectivity index (χ1v) is 8.54. The second kappa shape index (κ2) is 10.5. The lowest BCUT2D eigenvalue weighted by molar-refractivity contribution is -0.123. The zero-order valence-corrected chi connectivity index (χ0v) is 15.7. The SMILES string of the molecule is CCOCc1cc(C(=O)NNC(=O)COc2ccc(C#N)cc2)ccc1OC. The molecule has 2 N–H and O–H groups in total. The number of hydrazine groups is 1. The minimum atomic E-state index is -0.527. The molecule has 0 unspecified atom stereocenters. The van der Waals surface area contributed by atoms with Crippen LogP contribution in [0.15, 0.2) is 42.5 Å². The molecule has 146 valence electrons. The highest BCUT2D eigenvalue weighted by molar-refractivity contribution is 5.95. The highest BCUT2D eigenvalue weighted by Gasteiger charge is 2.12. The third-order valence-corrected chi connectivity index (χ3v) is 3.67. The standard InChI is InChI=1S/C20H21N3O5/c1-3-27-12-16-10-15(6-9-18(16)26-2)20(25)23-22-19(24)13-28-17-7-4-14(11-21)5-8-17/h4-10H,3,12-13H2,1-2H3,(H,22,24)(H,23,25). The van der Waals surface area contributed by atoms with Crippen LogP contribution in [-0.4, -0.2) is 32.1 Å². The smallest absolute Gasteiger partial charge is 0.276 e. The lowest BCUT2D eigenvalue weighted by atomic mass is 10.1. The van der Waals surface area contributed by atoms with E-state index in [0.717, 1.165) is 5.56 Å². The molecule has 0 aliphatic heterocycles. The van der Waals surface area contributed by atoms with Gasteiger partial charge in [0.2, 0.25) is 0 Å². The molecular weight excluding hydrogens is 362 g/mol. The third-order valence-electron chi connectivity index (χ3n) is 3.67. The molecule has 0 saturated carbocycles. The molecule has 0 bridgehead atoms. The number of ether oxygens (including phenoxy) is 3. The van der Waals surface area contributed by atoms with E-state index in [2.05, 4.69) is 10.9 Å². The highest BCUT2D eigenvalue weighted by atomic mass is 16.5. The van der Waals surface area contributed by atoms with E-state index in [-0.39, 0.29) is 6.61 Å². The van der Waals surface area contributed by atoms with Crippen molar-refractivity contribution in [2.75, 3.05) is 20.3 Å². The molecule has 0 saturated heterocycles. The molecule has 0 fully saturated rings. The van der Waals surface area contributed by atoms with Gasteiger partial charge < -0.3 is 14.2 Å². The number of nitrogens with one attached hydrogen (secondary N) is 2. The lowest BCUT2D eigenvalue weighted by Crippen LogP contribution is -2.43. The summed E-state index contributed by atoms with van der Waals surface area (Å²) in [5.41, 5.74) is 6.19. The summed E-state index contributed by atoms with van der Waals surface area (Å²) in [5, 5.41) is 8.74. The molecule has 28 heavy (non-hydrogen) atoms. The van der Waals surface area contributed by atoms with E-state index in [0.29, 0.717) is 35.8 Å². The second-order valence-electron chi connectivity index (χ2n) is 5.59. The zero-order chi connectivity index (χ0) is 20.4. The van der Waals surface area contributed by atoms with Crippen LogP contribution in [0, 0.1) is 11.3 Å². The van der Waals surface area contributed by atoms with Gasteiger partial charge in [-0.2, -0.15) is 5.26 Å². The number of carbonyl (C=O) groups is 2. The van der Waals surface area contributed by atoms with Crippen molar-refractivity contribution in [3.05, 3.63) is 59.2 Å². The van der Waals surface area contributed by atoms with Gasteiger partial charge in [-0.25, -0.2) is 0 Å². The minimum absolute atomic E-state index is 0.287. The number of hydrogen-bond acceptors (Lipinski definition) is 6. The number of nitriles is 1. The van der Waals surface area contributed by atoms with Gasteiger partial charge in [0.25, 0.3) is 11.8 Å². The van der Waals surface area contributed by atoms with Gasteiger partial charge in [0.15, 0.2) is 6.61 Å². The average Bonchev–Trinajstić information content (AvgIpc) is 2.74. The molecule has 0 atom stereocenters. The number of amides is 2. The molecule has 0 radical (unpaired) electrons. The molecule has 2 aromatic rings. The first-order chi connectivity index (χ1) is 13.6. The van der Waals surface area contributed by atoms with Crippen molar-refractivity contribution in [2.24, 2.45) is 0 Å². The molecule has 8 heteroatoms. The van der Waals surface area contributed by atoms with E-state index in [1.54, 1.807) is 49.6 Å². The Kier molecular flexibility index (Phi) is 7.81. The van der Waals surface area contributed by atoms with Gasteiger partial charge in [0.1, 0.15) is 11.5 Å². The molecule has 0 heterocycles. The Bertz CT molecular complexity index is 859. The van der Waals surface area contributed by atoms with Crippen molar-refractivity contribution in [1.82, 2.24) is 10.9 Å².